The first-order valence-corrected chi connectivity index (χ1v) is 6.33. The van der Waals surface area contributed by atoms with Gasteiger partial charge in [0.05, 0.1) is 12.1 Å². The van der Waals surface area contributed by atoms with E-state index >= 15 is 0 Å². The van der Waals surface area contributed by atoms with Crippen LogP contribution in [0.15, 0.2) is 0 Å². The van der Waals surface area contributed by atoms with E-state index in [0.29, 0.717) is 5.92 Å². The summed E-state index contributed by atoms with van der Waals surface area (Å²) in [4.78, 5) is 13.4. The van der Waals surface area contributed by atoms with Crippen LogP contribution >= 0.6 is 0 Å². The summed E-state index contributed by atoms with van der Waals surface area (Å²) in [6.45, 7) is 1.74. The van der Waals surface area contributed by atoms with Gasteiger partial charge >= 0.3 is 0 Å². The van der Waals surface area contributed by atoms with Crippen molar-refractivity contribution in [3.63, 3.8) is 0 Å². The molecule has 3 unspecified atom stereocenters. The van der Waals surface area contributed by atoms with Gasteiger partial charge in [-0.2, -0.15) is 0 Å². The maximum Gasteiger partial charge on any atom is 0.239 e. The lowest BCUT2D eigenvalue weighted by Gasteiger charge is -2.26. The average molecular weight is 226 g/mol. The van der Waals surface area contributed by atoms with Crippen molar-refractivity contribution in [3.8, 4) is 0 Å². The van der Waals surface area contributed by atoms with E-state index in [2.05, 4.69) is 5.32 Å². The van der Waals surface area contributed by atoms with E-state index in [1.165, 1.54) is 6.42 Å². The molecule has 2 aliphatic rings. The van der Waals surface area contributed by atoms with Crippen LogP contribution in [-0.4, -0.2) is 48.2 Å². The molecule has 92 valence electrons. The van der Waals surface area contributed by atoms with Crippen LogP contribution in [0.1, 0.15) is 32.1 Å². The van der Waals surface area contributed by atoms with E-state index in [9.17, 15) is 9.90 Å². The molecule has 0 aromatic heterocycles. The molecule has 0 radical (unpaired) electrons. The Kier molecular flexibility index (Phi) is 3.82. The van der Waals surface area contributed by atoms with E-state index in [4.69, 9.17) is 0 Å². The second-order valence-electron chi connectivity index (χ2n) is 5.20. The highest BCUT2D eigenvalue weighted by atomic mass is 16.3. The SMILES string of the molecule is CN1CCC(NCC2CCCC(O)C2)C1=O. The van der Waals surface area contributed by atoms with Gasteiger partial charge in [0.15, 0.2) is 0 Å². The Bertz CT molecular complexity index is 257. The van der Waals surface area contributed by atoms with Gasteiger partial charge in [0.25, 0.3) is 0 Å². The molecule has 1 heterocycles. The third-order valence-electron chi connectivity index (χ3n) is 3.84. The van der Waals surface area contributed by atoms with Gasteiger partial charge in [0.1, 0.15) is 0 Å². The van der Waals surface area contributed by atoms with Crippen molar-refractivity contribution in [2.75, 3.05) is 20.1 Å². The number of carbonyl (C=O) groups excluding carboxylic acids is 1. The fraction of sp³-hybridized carbons (Fsp3) is 0.917. The third-order valence-corrected chi connectivity index (χ3v) is 3.84. The molecule has 4 nitrogen and oxygen atoms in total. The number of hydrogen-bond donors (Lipinski definition) is 2. The van der Waals surface area contributed by atoms with Crippen molar-refractivity contribution >= 4 is 5.91 Å². The Hall–Kier alpha value is -0.610. The summed E-state index contributed by atoms with van der Waals surface area (Å²) in [5.74, 6) is 0.763. The molecule has 2 N–H and O–H groups in total. The number of likely N-dealkylation sites (tertiary alicyclic amines) is 1. The molecule has 1 saturated carbocycles. The largest absolute Gasteiger partial charge is 0.393 e. The van der Waals surface area contributed by atoms with Crippen LogP contribution in [0.4, 0.5) is 0 Å². The molecule has 0 aromatic carbocycles. The minimum absolute atomic E-state index is 0.0177. The molecule has 0 bridgehead atoms. The maximum absolute atomic E-state index is 11.7. The molecule has 0 spiro atoms. The first kappa shape index (κ1) is 11.9. The summed E-state index contributed by atoms with van der Waals surface area (Å²) >= 11 is 0. The van der Waals surface area contributed by atoms with Crippen molar-refractivity contribution in [1.29, 1.82) is 0 Å². The molecule has 16 heavy (non-hydrogen) atoms. The zero-order chi connectivity index (χ0) is 11.5. The van der Waals surface area contributed by atoms with Crippen molar-refractivity contribution in [1.82, 2.24) is 10.2 Å². The van der Waals surface area contributed by atoms with Crippen LogP contribution in [0, 0.1) is 5.92 Å². The Morgan fingerprint density at radius 1 is 1.44 bits per heavy atom. The smallest absolute Gasteiger partial charge is 0.239 e. The summed E-state index contributed by atoms with van der Waals surface area (Å²) in [6.07, 6.45) is 4.94. The van der Waals surface area contributed by atoms with Gasteiger partial charge in [-0.25, -0.2) is 0 Å². The van der Waals surface area contributed by atoms with Gasteiger partial charge in [-0.3, -0.25) is 4.79 Å². The van der Waals surface area contributed by atoms with E-state index < -0.39 is 0 Å². The van der Waals surface area contributed by atoms with Crippen LogP contribution in [0.5, 0.6) is 0 Å². The number of carbonyl (C=O) groups is 1. The molecule has 1 saturated heterocycles. The fourth-order valence-corrected chi connectivity index (χ4v) is 2.77. The highest BCUT2D eigenvalue weighted by Crippen LogP contribution is 2.23. The number of aliphatic hydroxyl groups is 1. The molecule has 4 heteroatoms. The maximum atomic E-state index is 11.7. The summed E-state index contributed by atoms with van der Waals surface area (Å²) in [5.41, 5.74) is 0. The van der Waals surface area contributed by atoms with Gasteiger partial charge < -0.3 is 15.3 Å². The Labute approximate surface area is 97.0 Å². The van der Waals surface area contributed by atoms with Gasteiger partial charge in [0.2, 0.25) is 5.91 Å². The molecule has 1 aliphatic heterocycles. The molecule has 0 aromatic rings. The number of hydrogen-bond acceptors (Lipinski definition) is 3. The van der Waals surface area contributed by atoms with Gasteiger partial charge in [0, 0.05) is 13.6 Å². The van der Waals surface area contributed by atoms with Crippen LogP contribution in [0.3, 0.4) is 0 Å². The van der Waals surface area contributed by atoms with Crippen molar-refractivity contribution in [2.24, 2.45) is 5.92 Å². The molecule has 2 fully saturated rings. The first-order valence-electron chi connectivity index (χ1n) is 6.33. The quantitative estimate of drug-likeness (QED) is 0.730. The minimum atomic E-state index is -0.123. The number of aliphatic hydroxyl groups excluding tert-OH is 1. The average Bonchev–Trinajstić information content (AvgIpc) is 2.57. The van der Waals surface area contributed by atoms with Crippen LogP contribution in [-0.2, 0) is 4.79 Å². The second kappa shape index (κ2) is 5.15. The van der Waals surface area contributed by atoms with Crippen LogP contribution in [0.25, 0.3) is 0 Å². The summed E-state index contributed by atoms with van der Waals surface area (Å²) in [5, 5.41) is 12.9. The summed E-state index contributed by atoms with van der Waals surface area (Å²) < 4.78 is 0. The lowest BCUT2D eigenvalue weighted by Crippen LogP contribution is -2.40. The molecule has 2 rings (SSSR count). The second-order valence-corrected chi connectivity index (χ2v) is 5.20. The number of likely N-dealkylation sites (N-methyl/N-ethyl adjacent to an activating group) is 1. The first-order chi connectivity index (χ1) is 7.66. The van der Waals surface area contributed by atoms with E-state index in [1.807, 2.05) is 7.05 Å². The van der Waals surface area contributed by atoms with Gasteiger partial charge in [-0.05, 0) is 38.1 Å². The predicted molar refractivity (Wildman–Crippen MR) is 62.0 cm³/mol. The molecular weight excluding hydrogens is 204 g/mol. The van der Waals surface area contributed by atoms with Crippen molar-refractivity contribution in [3.05, 3.63) is 0 Å². The summed E-state index contributed by atoms with van der Waals surface area (Å²) in [7, 11) is 1.86. The third kappa shape index (κ3) is 2.74. The Balaban J connectivity index is 1.73. The van der Waals surface area contributed by atoms with Gasteiger partial charge in [-0.15, -0.1) is 0 Å². The Morgan fingerprint density at radius 3 is 2.88 bits per heavy atom. The lowest BCUT2D eigenvalue weighted by atomic mass is 9.87. The number of amides is 1. The van der Waals surface area contributed by atoms with E-state index in [1.54, 1.807) is 4.90 Å². The van der Waals surface area contributed by atoms with Crippen molar-refractivity contribution in [2.45, 2.75) is 44.2 Å². The zero-order valence-electron chi connectivity index (χ0n) is 9.98. The molecule has 3 atom stereocenters. The highest BCUT2D eigenvalue weighted by Gasteiger charge is 2.29. The monoisotopic (exact) mass is 226 g/mol. The number of nitrogens with zero attached hydrogens (tertiary/aromatic N) is 1. The van der Waals surface area contributed by atoms with E-state index in [0.717, 1.165) is 38.8 Å². The standard InChI is InChI=1S/C12H22N2O2/c1-14-6-5-11(12(14)16)13-8-9-3-2-4-10(15)7-9/h9-11,13,15H,2-8H2,1H3. The normalized spacial score (nSPS) is 35.8. The molecule has 1 amide bonds. The van der Waals surface area contributed by atoms with Crippen LogP contribution < -0.4 is 5.32 Å². The highest BCUT2D eigenvalue weighted by molar-refractivity contribution is 5.83. The minimum Gasteiger partial charge on any atom is -0.393 e. The topological polar surface area (TPSA) is 52.6 Å². The number of rotatable bonds is 3. The van der Waals surface area contributed by atoms with Gasteiger partial charge in [-0.1, -0.05) is 6.42 Å². The summed E-state index contributed by atoms with van der Waals surface area (Å²) in [6, 6.07) is 0.0177. The zero-order valence-corrected chi connectivity index (χ0v) is 9.98. The molecule has 1 aliphatic carbocycles. The fourth-order valence-electron chi connectivity index (χ4n) is 2.77. The van der Waals surface area contributed by atoms with Crippen LogP contribution in [0.2, 0.25) is 0 Å². The lowest BCUT2D eigenvalue weighted by molar-refractivity contribution is -0.128. The molecular formula is C12H22N2O2. The predicted octanol–water partition coefficient (Wildman–Crippen LogP) is 0.358. The van der Waals surface area contributed by atoms with Crippen molar-refractivity contribution < 1.29 is 9.90 Å². The Morgan fingerprint density at radius 2 is 2.25 bits per heavy atom. The van der Waals surface area contributed by atoms with E-state index in [-0.39, 0.29) is 18.1 Å². The number of nitrogens with one attached hydrogen (secondary N) is 1.